The summed E-state index contributed by atoms with van der Waals surface area (Å²) in [6.07, 6.45) is -1.10. The number of halogens is 2. The van der Waals surface area contributed by atoms with Crippen LogP contribution in [0, 0.1) is 0 Å². The summed E-state index contributed by atoms with van der Waals surface area (Å²) in [5, 5.41) is 6.29. The maximum Gasteiger partial charge on any atom is 0.264 e. The van der Waals surface area contributed by atoms with Gasteiger partial charge in [-0.1, -0.05) is 6.07 Å². The molecular formula is C12H9F2N3S. The van der Waals surface area contributed by atoms with Crippen LogP contribution < -0.4 is 0 Å². The van der Waals surface area contributed by atoms with E-state index in [-0.39, 0.29) is 5.56 Å². The van der Waals surface area contributed by atoms with E-state index in [4.69, 9.17) is 0 Å². The molecule has 3 nitrogen and oxygen atoms in total. The van der Waals surface area contributed by atoms with Gasteiger partial charge in [0.2, 0.25) is 0 Å². The third-order valence-corrected chi connectivity index (χ3v) is 3.64. The first kappa shape index (κ1) is 11.3. The highest BCUT2D eigenvalue weighted by Crippen LogP contribution is 2.32. The molecule has 0 fully saturated rings. The Balaban J connectivity index is 2.32. The highest BCUT2D eigenvalue weighted by Gasteiger charge is 2.17. The Morgan fingerprint density at radius 3 is 2.89 bits per heavy atom. The molecule has 3 aromatic heterocycles. The first-order chi connectivity index (χ1) is 8.66. The first-order valence-electron chi connectivity index (χ1n) is 5.31. The van der Waals surface area contributed by atoms with Gasteiger partial charge in [0, 0.05) is 18.0 Å². The predicted molar refractivity (Wildman–Crippen MR) is 66.8 cm³/mol. The summed E-state index contributed by atoms with van der Waals surface area (Å²) in [6.45, 7) is 0. The molecule has 6 heteroatoms. The second-order valence-corrected chi connectivity index (χ2v) is 4.83. The number of aromatic nitrogens is 3. The molecule has 0 bridgehead atoms. The highest BCUT2D eigenvalue weighted by molar-refractivity contribution is 7.13. The summed E-state index contributed by atoms with van der Waals surface area (Å²) < 4.78 is 27.6. The molecule has 0 aromatic carbocycles. The number of pyridine rings is 1. The van der Waals surface area contributed by atoms with Crippen LogP contribution in [0.5, 0.6) is 0 Å². The van der Waals surface area contributed by atoms with Crippen molar-refractivity contribution in [1.82, 2.24) is 14.8 Å². The van der Waals surface area contributed by atoms with Crippen LogP contribution in [0.1, 0.15) is 12.0 Å². The number of hydrogen-bond donors (Lipinski definition) is 0. The minimum Gasteiger partial charge on any atom is -0.250 e. The minimum atomic E-state index is -2.53. The lowest BCUT2D eigenvalue weighted by Crippen LogP contribution is -1.95. The van der Waals surface area contributed by atoms with Crippen LogP contribution in [0.2, 0.25) is 0 Å². The average molecular weight is 265 g/mol. The number of aryl methyl sites for hydroxylation is 1. The second-order valence-electron chi connectivity index (χ2n) is 3.88. The largest absolute Gasteiger partial charge is 0.264 e. The van der Waals surface area contributed by atoms with Crippen LogP contribution in [-0.4, -0.2) is 14.8 Å². The Kier molecular flexibility index (Phi) is 2.59. The van der Waals surface area contributed by atoms with Gasteiger partial charge in [-0.3, -0.25) is 4.68 Å². The van der Waals surface area contributed by atoms with E-state index in [1.54, 1.807) is 7.05 Å². The topological polar surface area (TPSA) is 30.7 Å². The van der Waals surface area contributed by atoms with Gasteiger partial charge in [-0.2, -0.15) is 5.10 Å². The molecular weight excluding hydrogens is 256 g/mol. The monoisotopic (exact) mass is 265 g/mol. The van der Waals surface area contributed by atoms with Crippen LogP contribution >= 0.6 is 11.3 Å². The van der Waals surface area contributed by atoms with E-state index in [9.17, 15) is 8.78 Å². The van der Waals surface area contributed by atoms with Crippen LogP contribution in [0.3, 0.4) is 0 Å². The Bertz CT molecular complexity index is 689. The molecule has 0 aliphatic heterocycles. The molecule has 0 atom stereocenters. The maximum atomic E-state index is 13.1. The third-order valence-electron chi connectivity index (χ3n) is 2.75. The van der Waals surface area contributed by atoms with Gasteiger partial charge in [0.15, 0.2) is 5.65 Å². The van der Waals surface area contributed by atoms with Gasteiger partial charge in [-0.05, 0) is 17.5 Å². The lowest BCUT2D eigenvalue weighted by molar-refractivity contribution is 0.153. The quantitative estimate of drug-likeness (QED) is 0.708. The normalized spacial score (nSPS) is 11.6. The van der Waals surface area contributed by atoms with Crippen molar-refractivity contribution in [1.29, 1.82) is 0 Å². The standard InChI is InChI=1S/C12H9F2N3S/c1-17-12-8(6-15-17)7(11(13)14)5-9(16-12)10-3-2-4-18-10/h2-6,11H,1H3. The highest BCUT2D eigenvalue weighted by atomic mass is 32.1. The van der Waals surface area contributed by atoms with Crippen molar-refractivity contribution in [3.63, 3.8) is 0 Å². The summed E-state index contributed by atoms with van der Waals surface area (Å²) in [7, 11) is 1.70. The van der Waals surface area contributed by atoms with E-state index >= 15 is 0 Å². The first-order valence-corrected chi connectivity index (χ1v) is 6.19. The molecule has 3 heterocycles. The number of rotatable bonds is 2. The van der Waals surface area contributed by atoms with E-state index in [2.05, 4.69) is 10.1 Å². The van der Waals surface area contributed by atoms with Crippen molar-refractivity contribution in [2.75, 3.05) is 0 Å². The SMILES string of the molecule is Cn1ncc2c(C(F)F)cc(-c3cccs3)nc21. The summed E-state index contributed by atoms with van der Waals surface area (Å²) in [5.74, 6) is 0. The number of nitrogens with zero attached hydrogens (tertiary/aromatic N) is 3. The molecule has 0 spiro atoms. The molecule has 0 saturated heterocycles. The number of hydrogen-bond acceptors (Lipinski definition) is 3. The van der Waals surface area contributed by atoms with Crippen LogP contribution in [0.25, 0.3) is 21.6 Å². The summed E-state index contributed by atoms with van der Waals surface area (Å²) >= 11 is 1.48. The van der Waals surface area contributed by atoms with Gasteiger partial charge in [-0.15, -0.1) is 11.3 Å². The molecule has 0 N–H and O–H groups in total. The molecule has 0 saturated carbocycles. The number of thiophene rings is 1. The van der Waals surface area contributed by atoms with Crippen LogP contribution in [0.15, 0.2) is 29.8 Å². The fourth-order valence-corrected chi connectivity index (χ4v) is 2.56. The number of alkyl halides is 2. The Labute approximate surface area is 106 Å². The smallest absolute Gasteiger partial charge is 0.250 e. The van der Waals surface area contributed by atoms with Gasteiger partial charge in [0.25, 0.3) is 6.43 Å². The molecule has 0 radical (unpaired) electrons. The van der Waals surface area contributed by atoms with E-state index < -0.39 is 6.43 Å². The molecule has 0 amide bonds. The van der Waals surface area contributed by atoms with E-state index in [0.29, 0.717) is 16.7 Å². The molecule has 0 aliphatic rings. The Morgan fingerprint density at radius 1 is 1.39 bits per heavy atom. The van der Waals surface area contributed by atoms with Crippen molar-refractivity contribution in [2.45, 2.75) is 6.43 Å². The van der Waals surface area contributed by atoms with Gasteiger partial charge < -0.3 is 0 Å². The maximum absolute atomic E-state index is 13.1. The van der Waals surface area contributed by atoms with E-state index in [1.165, 1.54) is 28.3 Å². The summed E-state index contributed by atoms with van der Waals surface area (Å²) in [6, 6.07) is 5.18. The fraction of sp³-hybridized carbons (Fsp3) is 0.167. The van der Waals surface area contributed by atoms with Gasteiger partial charge in [0.1, 0.15) is 0 Å². The van der Waals surface area contributed by atoms with Gasteiger partial charge >= 0.3 is 0 Å². The van der Waals surface area contributed by atoms with Crippen molar-refractivity contribution in [2.24, 2.45) is 7.05 Å². The van der Waals surface area contributed by atoms with Crippen LogP contribution in [0.4, 0.5) is 8.78 Å². The van der Waals surface area contributed by atoms with Crippen molar-refractivity contribution >= 4 is 22.4 Å². The average Bonchev–Trinajstić information content (AvgIpc) is 2.98. The Morgan fingerprint density at radius 2 is 2.22 bits per heavy atom. The van der Waals surface area contributed by atoms with Crippen molar-refractivity contribution < 1.29 is 8.78 Å². The van der Waals surface area contributed by atoms with Crippen molar-refractivity contribution in [3.05, 3.63) is 35.3 Å². The molecule has 0 aliphatic carbocycles. The zero-order valence-electron chi connectivity index (χ0n) is 9.47. The molecule has 0 unspecified atom stereocenters. The van der Waals surface area contributed by atoms with Crippen LogP contribution in [-0.2, 0) is 7.05 Å². The third kappa shape index (κ3) is 1.69. The minimum absolute atomic E-state index is 0.0171. The van der Waals surface area contributed by atoms with E-state index in [1.807, 2.05) is 17.5 Å². The summed E-state index contributed by atoms with van der Waals surface area (Å²) in [5.41, 5.74) is 1.03. The molecule has 3 rings (SSSR count). The van der Waals surface area contributed by atoms with Gasteiger partial charge in [0.05, 0.1) is 16.8 Å². The lowest BCUT2D eigenvalue weighted by atomic mass is 10.1. The lowest BCUT2D eigenvalue weighted by Gasteiger charge is -2.05. The molecule has 92 valence electrons. The number of fused-ring (bicyclic) bond motifs is 1. The zero-order chi connectivity index (χ0) is 12.7. The molecule has 3 aromatic rings. The molecule has 18 heavy (non-hydrogen) atoms. The fourth-order valence-electron chi connectivity index (χ4n) is 1.87. The summed E-state index contributed by atoms with van der Waals surface area (Å²) in [4.78, 5) is 5.27. The second kappa shape index (κ2) is 4.13. The van der Waals surface area contributed by atoms with Gasteiger partial charge in [-0.25, -0.2) is 13.8 Å². The van der Waals surface area contributed by atoms with Crippen molar-refractivity contribution in [3.8, 4) is 10.6 Å². The van der Waals surface area contributed by atoms with E-state index in [0.717, 1.165) is 4.88 Å². The predicted octanol–water partition coefficient (Wildman–Crippen LogP) is 3.63. The zero-order valence-corrected chi connectivity index (χ0v) is 10.3. The Hall–Kier alpha value is -1.82.